The van der Waals surface area contributed by atoms with Crippen LogP contribution in [-0.2, 0) is 0 Å². The normalized spacial score (nSPS) is 20.2. The van der Waals surface area contributed by atoms with Crippen molar-refractivity contribution in [3.63, 3.8) is 0 Å². The molecule has 5 nitrogen and oxygen atoms in total. The van der Waals surface area contributed by atoms with E-state index >= 15 is 0 Å². The first-order valence-corrected chi connectivity index (χ1v) is 7.70. The van der Waals surface area contributed by atoms with Crippen molar-refractivity contribution < 1.29 is 0 Å². The summed E-state index contributed by atoms with van der Waals surface area (Å²) in [5.74, 6) is 1.14. The van der Waals surface area contributed by atoms with E-state index in [9.17, 15) is 0 Å². The molecule has 6 heteroatoms. The standard InChI is InChI=1S/C15H33N5.HI/c1-12(2)13(20-9-7-19(6)8-10-20)11-17-14(16)18-15(3,4)5;/h12-13H,7-11H2,1-6H3,(H3,16,17,18);1H. The van der Waals surface area contributed by atoms with E-state index in [-0.39, 0.29) is 29.5 Å². The predicted octanol–water partition coefficient (Wildman–Crippen LogP) is 1.58. The van der Waals surface area contributed by atoms with Gasteiger partial charge in [0.15, 0.2) is 5.96 Å². The third kappa shape index (κ3) is 8.21. The van der Waals surface area contributed by atoms with E-state index in [2.05, 4.69) is 61.8 Å². The van der Waals surface area contributed by atoms with Gasteiger partial charge in [-0.15, -0.1) is 24.0 Å². The molecule has 0 saturated carbocycles. The molecule has 1 atom stereocenters. The molecule has 0 aromatic heterocycles. The molecule has 0 aliphatic carbocycles. The van der Waals surface area contributed by atoms with Gasteiger partial charge in [0.1, 0.15) is 0 Å². The Morgan fingerprint density at radius 1 is 1.19 bits per heavy atom. The molecular formula is C15H34IN5. The molecule has 1 saturated heterocycles. The van der Waals surface area contributed by atoms with Crippen LogP contribution in [0.4, 0.5) is 0 Å². The quantitative estimate of drug-likeness (QED) is 0.419. The molecule has 126 valence electrons. The van der Waals surface area contributed by atoms with Crippen molar-refractivity contribution in [1.82, 2.24) is 15.1 Å². The number of nitrogens with one attached hydrogen (secondary N) is 1. The highest BCUT2D eigenvalue weighted by Crippen LogP contribution is 2.14. The highest BCUT2D eigenvalue weighted by atomic mass is 127. The van der Waals surface area contributed by atoms with Crippen molar-refractivity contribution in [2.45, 2.75) is 46.2 Å². The van der Waals surface area contributed by atoms with Crippen molar-refractivity contribution in [3.8, 4) is 0 Å². The number of halogens is 1. The Morgan fingerprint density at radius 3 is 2.14 bits per heavy atom. The average molecular weight is 411 g/mol. The van der Waals surface area contributed by atoms with Gasteiger partial charge in [-0.2, -0.15) is 0 Å². The maximum absolute atomic E-state index is 5.97. The number of likely N-dealkylation sites (N-methyl/N-ethyl adjacent to an activating group) is 1. The molecule has 0 amide bonds. The van der Waals surface area contributed by atoms with Gasteiger partial charge in [-0.3, -0.25) is 9.89 Å². The topological polar surface area (TPSA) is 56.9 Å². The summed E-state index contributed by atoms with van der Waals surface area (Å²) in [6, 6.07) is 0.476. The maximum atomic E-state index is 5.97. The van der Waals surface area contributed by atoms with E-state index in [1.807, 2.05) is 0 Å². The molecule has 21 heavy (non-hydrogen) atoms. The van der Waals surface area contributed by atoms with Gasteiger partial charge in [0, 0.05) is 37.8 Å². The van der Waals surface area contributed by atoms with E-state index in [0.29, 0.717) is 17.9 Å². The Balaban J connectivity index is 0.00000400. The minimum Gasteiger partial charge on any atom is -0.370 e. The van der Waals surface area contributed by atoms with Crippen LogP contribution in [-0.4, -0.2) is 67.1 Å². The lowest BCUT2D eigenvalue weighted by molar-refractivity contribution is 0.0925. The van der Waals surface area contributed by atoms with Gasteiger partial charge in [0.25, 0.3) is 0 Å². The van der Waals surface area contributed by atoms with Crippen LogP contribution in [0.5, 0.6) is 0 Å². The lowest BCUT2D eigenvalue weighted by Gasteiger charge is -2.39. The highest BCUT2D eigenvalue weighted by Gasteiger charge is 2.24. The van der Waals surface area contributed by atoms with E-state index in [1.165, 1.54) is 0 Å². The lowest BCUT2D eigenvalue weighted by Crippen LogP contribution is -2.52. The van der Waals surface area contributed by atoms with Gasteiger partial charge in [0.05, 0.1) is 6.54 Å². The summed E-state index contributed by atoms with van der Waals surface area (Å²) >= 11 is 0. The molecule has 1 fully saturated rings. The van der Waals surface area contributed by atoms with Crippen molar-refractivity contribution in [2.24, 2.45) is 16.6 Å². The van der Waals surface area contributed by atoms with Crippen LogP contribution >= 0.6 is 24.0 Å². The molecule has 0 bridgehead atoms. The lowest BCUT2D eigenvalue weighted by atomic mass is 10.0. The third-order valence-electron chi connectivity index (χ3n) is 3.73. The summed E-state index contributed by atoms with van der Waals surface area (Å²) in [5.41, 5.74) is 5.94. The number of hydrogen-bond acceptors (Lipinski definition) is 3. The van der Waals surface area contributed by atoms with Crippen LogP contribution in [0.3, 0.4) is 0 Å². The van der Waals surface area contributed by atoms with Crippen LogP contribution in [0, 0.1) is 5.92 Å². The van der Waals surface area contributed by atoms with Crippen LogP contribution in [0.15, 0.2) is 4.99 Å². The van der Waals surface area contributed by atoms with Gasteiger partial charge in [-0.05, 0) is 33.7 Å². The number of rotatable bonds is 4. The summed E-state index contributed by atoms with van der Waals surface area (Å²) in [7, 11) is 2.19. The van der Waals surface area contributed by atoms with Crippen molar-refractivity contribution in [1.29, 1.82) is 0 Å². The molecule has 0 aromatic rings. The zero-order chi connectivity index (χ0) is 15.3. The Labute approximate surface area is 147 Å². The van der Waals surface area contributed by atoms with Gasteiger partial charge in [-0.25, -0.2) is 0 Å². The Kier molecular flexibility index (Phi) is 9.11. The second kappa shape index (κ2) is 9.15. The zero-order valence-electron chi connectivity index (χ0n) is 14.5. The monoisotopic (exact) mass is 411 g/mol. The van der Waals surface area contributed by atoms with Gasteiger partial charge >= 0.3 is 0 Å². The fraction of sp³-hybridized carbons (Fsp3) is 0.933. The van der Waals surface area contributed by atoms with E-state index < -0.39 is 0 Å². The first kappa shape index (κ1) is 20.9. The summed E-state index contributed by atoms with van der Waals surface area (Å²) < 4.78 is 0. The molecule has 0 spiro atoms. The van der Waals surface area contributed by atoms with Crippen LogP contribution in [0.1, 0.15) is 34.6 Å². The largest absolute Gasteiger partial charge is 0.370 e. The van der Waals surface area contributed by atoms with Gasteiger partial charge < -0.3 is 16.0 Å². The molecule has 1 aliphatic heterocycles. The van der Waals surface area contributed by atoms with E-state index in [0.717, 1.165) is 32.7 Å². The van der Waals surface area contributed by atoms with Crippen LogP contribution in [0.25, 0.3) is 0 Å². The summed E-state index contributed by atoms with van der Waals surface area (Å²) in [6.07, 6.45) is 0. The number of nitrogens with zero attached hydrogens (tertiary/aromatic N) is 3. The first-order valence-electron chi connectivity index (χ1n) is 7.70. The minimum atomic E-state index is -0.0330. The first-order chi connectivity index (χ1) is 9.19. The van der Waals surface area contributed by atoms with Crippen molar-refractivity contribution in [3.05, 3.63) is 0 Å². The molecule has 1 rings (SSSR count). The van der Waals surface area contributed by atoms with Gasteiger partial charge in [0.2, 0.25) is 0 Å². The predicted molar refractivity (Wildman–Crippen MR) is 102 cm³/mol. The average Bonchev–Trinajstić information content (AvgIpc) is 2.29. The fourth-order valence-corrected chi connectivity index (χ4v) is 2.52. The Morgan fingerprint density at radius 2 is 1.71 bits per heavy atom. The Hall–Kier alpha value is -0.0800. The summed E-state index contributed by atoms with van der Waals surface area (Å²) in [4.78, 5) is 9.49. The Bertz CT molecular complexity index is 317. The summed E-state index contributed by atoms with van der Waals surface area (Å²) in [6.45, 7) is 16.1. The molecular weight excluding hydrogens is 377 g/mol. The van der Waals surface area contributed by atoms with E-state index in [1.54, 1.807) is 0 Å². The van der Waals surface area contributed by atoms with Crippen LogP contribution in [0.2, 0.25) is 0 Å². The number of aliphatic imine (C=N–C) groups is 1. The molecule has 1 unspecified atom stereocenters. The van der Waals surface area contributed by atoms with E-state index in [4.69, 9.17) is 5.73 Å². The highest BCUT2D eigenvalue weighted by molar-refractivity contribution is 14.0. The zero-order valence-corrected chi connectivity index (χ0v) is 16.8. The smallest absolute Gasteiger partial charge is 0.189 e. The van der Waals surface area contributed by atoms with Crippen LogP contribution < -0.4 is 11.1 Å². The molecule has 0 radical (unpaired) electrons. The van der Waals surface area contributed by atoms with Gasteiger partial charge in [-0.1, -0.05) is 13.8 Å². The molecule has 3 N–H and O–H groups in total. The minimum absolute atomic E-state index is 0. The molecule has 0 aromatic carbocycles. The number of hydrogen-bond donors (Lipinski definition) is 2. The molecule has 1 aliphatic rings. The second-order valence-corrected chi connectivity index (χ2v) is 7.25. The SMILES string of the molecule is CC(C)C(CN=C(N)NC(C)(C)C)N1CCN(C)CC1.I. The van der Waals surface area contributed by atoms with Crippen molar-refractivity contribution >= 4 is 29.9 Å². The summed E-state index contributed by atoms with van der Waals surface area (Å²) in [5, 5.41) is 3.22. The maximum Gasteiger partial charge on any atom is 0.189 e. The number of guanidine groups is 1. The number of piperazine rings is 1. The number of nitrogens with two attached hydrogens (primary N) is 1. The molecule has 1 heterocycles. The van der Waals surface area contributed by atoms with Crippen molar-refractivity contribution in [2.75, 3.05) is 39.8 Å². The fourth-order valence-electron chi connectivity index (χ4n) is 2.52. The second-order valence-electron chi connectivity index (χ2n) is 7.25. The third-order valence-corrected chi connectivity index (χ3v) is 3.73.